The first-order chi connectivity index (χ1) is 8.47. The summed E-state index contributed by atoms with van der Waals surface area (Å²) in [5, 5.41) is 4.96. The summed E-state index contributed by atoms with van der Waals surface area (Å²) in [5.41, 5.74) is 6.71. The van der Waals surface area contributed by atoms with Gasteiger partial charge in [-0.2, -0.15) is 5.10 Å². The lowest BCUT2D eigenvalue weighted by molar-refractivity contribution is 0.282. The molecule has 6 heteroatoms. The van der Waals surface area contributed by atoms with Gasteiger partial charge in [0.05, 0.1) is 18.1 Å². The molecule has 6 nitrogen and oxygen atoms in total. The molecule has 0 aliphatic heterocycles. The third kappa shape index (κ3) is 2.59. The average molecular weight is 248 g/mol. The lowest BCUT2D eigenvalue weighted by Gasteiger charge is -2.17. The van der Waals surface area contributed by atoms with E-state index in [2.05, 4.69) is 40.9 Å². The van der Waals surface area contributed by atoms with Crippen molar-refractivity contribution in [3.8, 4) is 0 Å². The van der Waals surface area contributed by atoms with Crippen LogP contribution in [0.1, 0.15) is 19.7 Å². The maximum Gasteiger partial charge on any atom is 0.163 e. The van der Waals surface area contributed by atoms with E-state index in [1.165, 1.54) is 0 Å². The Kier molecular flexibility index (Phi) is 3.47. The van der Waals surface area contributed by atoms with E-state index in [1.807, 2.05) is 7.05 Å². The topological polar surface area (TPSA) is 72.9 Å². The Bertz CT molecular complexity index is 545. The number of aromatic nitrogens is 4. The molecule has 0 saturated heterocycles. The van der Waals surface area contributed by atoms with Crippen molar-refractivity contribution in [1.29, 1.82) is 0 Å². The van der Waals surface area contributed by atoms with Gasteiger partial charge in [0.15, 0.2) is 5.65 Å². The van der Waals surface area contributed by atoms with Crippen molar-refractivity contribution in [2.24, 2.45) is 13.0 Å². The summed E-state index contributed by atoms with van der Waals surface area (Å²) in [6.45, 7) is 6.09. The molecule has 0 fully saturated rings. The van der Waals surface area contributed by atoms with Gasteiger partial charge in [-0.15, -0.1) is 0 Å². The predicted molar refractivity (Wildman–Crippen MR) is 71.9 cm³/mol. The highest BCUT2D eigenvalue weighted by atomic mass is 15.3. The van der Waals surface area contributed by atoms with Gasteiger partial charge in [-0.05, 0) is 13.0 Å². The van der Waals surface area contributed by atoms with Gasteiger partial charge >= 0.3 is 0 Å². The highest BCUT2D eigenvalue weighted by Crippen LogP contribution is 2.16. The van der Waals surface area contributed by atoms with Gasteiger partial charge in [0.25, 0.3) is 0 Å². The van der Waals surface area contributed by atoms with E-state index in [0.29, 0.717) is 18.3 Å². The standard InChI is InChI=1S/C12H20N6/c1-8(2)6-17(3)7-10-15-11(13)9-5-14-18(4)12(9)16-10/h5,8H,6-7H2,1-4H3,(H2,13,15,16). The summed E-state index contributed by atoms with van der Waals surface area (Å²) >= 11 is 0. The van der Waals surface area contributed by atoms with Crippen molar-refractivity contribution in [3.63, 3.8) is 0 Å². The molecule has 2 rings (SSSR count). The minimum absolute atomic E-state index is 0.501. The second kappa shape index (κ2) is 4.89. The molecule has 2 aromatic rings. The van der Waals surface area contributed by atoms with Crippen LogP contribution in [0.4, 0.5) is 5.82 Å². The number of hydrogen-bond donors (Lipinski definition) is 1. The van der Waals surface area contributed by atoms with Gasteiger partial charge in [0.2, 0.25) is 0 Å². The number of nitrogens with two attached hydrogens (primary N) is 1. The zero-order valence-electron chi connectivity index (χ0n) is 11.4. The third-order valence-electron chi connectivity index (χ3n) is 2.76. The maximum atomic E-state index is 5.92. The van der Waals surface area contributed by atoms with Crippen LogP contribution in [0.2, 0.25) is 0 Å². The van der Waals surface area contributed by atoms with Gasteiger partial charge in [0.1, 0.15) is 11.6 Å². The van der Waals surface area contributed by atoms with Gasteiger partial charge < -0.3 is 5.73 Å². The van der Waals surface area contributed by atoms with E-state index in [4.69, 9.17) is 5.73 Å². The van der Waals surface area contributed by atoms with E-state index in [1.54, 1.807) is 10.9 Å². The molecule has 0 aliphatic rings. The molecule has 2 heterocycles. The normalized spacial score (nSPS) is 11.9. The van der Waals surface area contributed by atoms with Crippen molar-refractivity contribution < 1.29 is 0 Å². The zero-order chi connectivity index (χ0) is 13.3. The summed E-state index contributed by atoms with van der Waals surface area (Å²) in [7, 11) is 3.92. The molecule has 0 spiro atoms. The number of anilines is 1. The average Bonchev–Trinajstić information content (AvgIpc) is 2.59. The van der Waals surface area contributed by atoms with Crippen LogP contribution in [-0.2, 0) is 13.6 Å². The van der Waals surface area contributed by atoms with E-state index in [0.717, 1.165) is 23.4 Å². The molecule has 2 aromatic heterocycles. The quantitative estimate of drug-likeness (QED) is 0.875. The fraction of sp³-hybridized carbons (Fsp3) is 0.583. The van der Waals surface area contributed by atoms with Crippen LogP contribution in [0.15, 0.2) is 6.20 Å². The summed E-state index contributed by atoms with van der Waals surface area (Å²) in [6.07, 6.45) is 1.70. The highest BCUT2D eigenvalue weighted by molar-refractivity contribution is 5.84. The van der Waals surface area contributed by atoms with E-state index < -0.39 is 0 Å². The summed E-state index contributed by atoms with van der Waals surface area (Å²) in [6, 6.07) is 0. The number of hydrogen-bond acceptors (Lipinski definition) is 5. The van der Waals surface area contributed by atoms with E-state index in [9.17, 15) is 0 Å². The van der Waals surface area contributed by atoms with Crippen LogP contribution in [0.25, 0.3) is 11.0 Å². The van der Waals surface area contributed by atoms with Crippen LogP contribution < -0.4 is 5.73 Å². The van der Waals surface area contributed by atoms with E-state index >= 15 is 0 Å². The smallest absolute Gasteiger partial charge is 0.163 e. The van der Waals surface area contributed by atoms with Crippen molar-refractivity contribution >= 4 is 16.9 Å². The van der Waals surface area contributed by atoms with Crippen LogP contribution in [-0.4, -0.2) is 38.2 Å². The summed E-state index contributed by atoms with van der Waals surface area (Å²) in [5.74, 6) is 1.86. The Morgan fingerprint density at radius 2 is 2.11 bits per heavy atom. The highest BCUT2D eigenvalue weighted by Gasteiger charge is 2.11. The van der Waals surface area contributed by atoms with Gasteiger partial charge in [-0.1, -0.05) is 13.8 Å². The monoisotopic (exact) mass is 248 g/mol. The van der Waals surface area contributed by atoms with Crippen molar-refractivity contribution in [2.75, 3.05) is 19.3 Å². The molecule has 0 amide bonds. The molecule has 0 unspecified atom stereocenters. The number of aryl methyl sites for hydroxylation is 1. The molecule has 0 aromatic carbocycles. The summed E-state index contributed by atoms with van der Waals surface area (Å²) in [4.78, 5) is 11.0. The lowest BCUT2D eigenvalue weighted by atomic mass is 10.2. The zero-order valence-corrected chi connectivity index (χ0v) is 11.4. The van der Waals surface area contributed by atoms with Crippen molar-refractivity contribution in [3.05, 3.63) is 12.0 Å². The third-order valence-corrected chi connectivity index (χ3v) is 2.76. The van der Waals surface area contributed by atoms with E-state index in [-0.39, 0.29) is 0 Å². The molecule has 2 N–H and O–H groups in total. The second-order valence-electron chi connectivity index (χ2n) is 5.12. The Morgan fingerprint density at radius 3 is 2.78 bits per heavy atom. The minimum atomic E-state index is 0.501. The SMILES string of the molecule is CC(C)CN(C)Cc1nc(N)c2cnn(C)c2n1. The fourth-order valence-corrected chi connectivity index (χ4v) is 2.09. The first kappa shape index (κ1) is 12.8. The largest absolute Gasteiger partial charge is 0.383 e. The first-order valence-corrected chi connectivity index (χ1v) is 6.10. The molecule has 18 heavy (non-hydrogen) atoms. The predicted octanol–water partition coefficient (Wildman–Crippen LogP) is 1.03. The molecule has 0 aliphatic carbocycles. The van der Waals surface area contributed by atoms with Crippen molar-refractivity contribution in [1.82, 2.24) is 24.6 Å². The Labute approximate surface area is 107 Å². The molecule has 0 saturated carbocycles. The lowest BCUT2D eigenvalue weighted by Crippen LogP contribution is -2.24. The first-order valence-electron chi connectivity index (χ1n) is 6.10. The van der Waals surface area contributed by atoms with Gasteiger partial charge in [-0.3, -0.25) is 9.58 Å². The minimum Gasteiger partial charge on any atom is -0.383 e. The molecule has 0 atom stereocenters. The molecule has 0 radical (unpaired) electrons. The summed E-state index contributed by atoms with van der Waals surface area (Å²) < 4.78 is 1.72. The Morgan fingerprint density at radius 1 is 1.39 bits per heavy atom. The van der Waals surface area contributed by atoms with Crippen LogP contribution in [0.3, 0.4) is 0 Å². The van der Waals surface area contributed by atoms with Gasteiger partial charge in [0, 0.05) is 13.6 Å². The molecular formula is C12H20N6. The molecule has 98 valence electrons. The van der Waals surface area contributed by atoms with Gasteiger partial charge in [-0.25, -0.2) is 9.97 Å². The van der Waals surface area contributed by atoms with Crippen molar-refractivity contribution in [2.45, 2.75) is 20.4 Å². The number of nitrogen functional groups attached to an aromatic ring is 1. The number of rotatable bonds is 4. The second-order valence-corrected chi connectivity index (χ2v) is 5.12. The van der Waals surface area contributed by atoms with Crippen LogP contribution in [0, 0.1) is 5.92 Å². The maximum absolute atomic E-state index is 5.92. The van der Waals surface area contributed by atoms with Crippen LogP contribution in [0.5, 0.6) is 0 Å². The number of fused-ring (bicyclic) bond motifs is 1. The Hall–Kier alpha value is -1.69. The Balaban J connectivity index is 2.26. The number of nitrogens with zero attached hydrogens (tertiary/aromatic N) is 5. The fourth-order valence-electron chi connectivity index (χ4n) is 2.09. The molecule has 0 bridgehead atoms. The molecular weight excluding hydrogens is 228 g/mol. The van der Waals surface area contributed by atoms with Crippen LogP contribution >= 0.6 is 0 Å².